The summed E-state index contributed by atoms with van der Waals surface area (Å²) in [5, 5.41) is 12.4. The Kier molecular flexibility index (Phi) is 6.08. The first-order valence-corrected chi connectivity index (χ1v) is 12.6. The van der Waals surface area contributed by atoms with E-state index in [2.05, 4.69) is 10.3 Å². The highest BCUT2D eigenvalue weighted by Crippen LogP contribution is 2.59. The molecule has 0 radical (unpaired) electrons. The van der Waals surface area contributed by atoms with Gasteiger partial charge in [0.15, 0.2) is 0 Å². The highest BCUT2D eigenvalue weighted by molar-refractivity contribution is 6.31. The molecule has 182 valence electrons. The van der Waals surface area contributed by atoms with E-state index in [1.807, 2.05) is 19.1 Å². The second kappa shape index (κ2) is 9.04. The number of unbranched alkanes of at least 4 members (excludes halogenated alkanes) is 1. The zero-order valence-electron chi connectivity index (χ0n) is 19.8. The lowest BCUT2D eigenvalue weighted by molar-refractivity contribution is -0.156. The van der Waals surface area contributed by atoms with Gasteiger partial charge in [-0.3, -0.25) is 14.0 Å². The topological polar surface area (TPSA) is 104 Å². The molecule has 4 fully saturated rings. The van der Waals surface area contributed by atoms with Crippen LogP contribution in [0, 0.1) is 23.2 Å². The summed E-state index contributed by atoms with van der Waals surface area (Å²) in [6.45, 7) is 3.17. The molecule has 4 saturated carbocycles. The molecule has 0 aromatic carbocycles. The molecule has 2 heterocycles. The number of carboxylic acid groups (broad SMARTS) is 1. The van der Waals surface area contributed by atoms with Crippen molar-refractivity contribution >= 4 is 23.4 Å². The Hall–Kier alpha value is -2.90. The summed E-state index contributed by atoms with van der Waals surface area (Å²) in [6, 6.07) is 5.41. The highest BCUT2D eigenvalue weighted by Gasteiger charge is 2.50. The molecule has 8 nitrogen and oxygen atoms in total. The average molecular weight is 467 g/mol. The van der Waals surface area contributed by atoms with E-state index in [0.717, 1.165) is 30.7 Å². The van der Waals surface area contributed by atoms with E-state index in [9.17, 15) is 14.4 Å². The van der Waals surface area contributed by atoms with Crippen LogP contribution in [0.2, 0.25) is 0 Å². The van der Waals surface area contributed by atoms with Crippen molar-refractivity contribution in [2.45, 2.75) is 64.8 Å². The zero-order chi connectivity index (χ0) is 23.9. The largest absolute Gasteiger partial charge is 0.474 e. The maximum Gasteiger partial charge on any atom is 0.394 e. The Bertz CT molecular complexity index is 1070. The van der Waals surface area contributed by atoms with Gasteiger partial charge in [0.2, 0.25) is 0 Å². The van der Waals surface area contributed by atoms with Gasteiger partial charge in [0, 0.05) is 19.3 Å². The van der Waals surface area contributed by atoms with Gasteiger partial charge in [-0.15, -0.1) is 0 Å². The minimum Gasteiger partial charge on any atom is -0.474 e. The zero-order valence-corrected chi connectivity index (χ0v) is 19.8. The van der Waals surface area contributed by atoms with E-state index in [0.29, 0.717) is 30.0 Å². The Balaban J connectivity index is 1.30. The number of fused-ring (bicyclic) bond motifs is 1. The van der Waals surface area contributed by atoms with Gasteiger partial charge in [-0.25, -0.2) is 9.78 Å². The molecule has 0 unspecified atom stereocenters. The Morgan fingerprint density at radius 3 is 2.44 bits per heavy atom. The SMILES string of the molecule is CCCCN(Cc1cn2c(C(=O)NCC34CC5CC(CC(C5)C3)C4)cccc2n1)C(=O)C(=O)O. The van der Waals surface area contributed by atoms with Crippen LogP contribution in [0.25, 0.3) is 5.65 Å². The third-order valence-electron chi connectivity index (χ3n) is 8.17. The lowest BCUT2D eigenvalue weighted by Gasteiger charge is -2.56. The molecule has 0 atom stereocenters. The van der Waals surface area contributed by atoms with Crippen LogP contribution < -0.4 is 5.32 Å². The Labute approximate surface area is 199 Å². The van der Waals surface area contributed by atoms with Crippen molar-refractivity contribution in [1.82, 2.24) is 19.6 Å². The monoisotopic (exact) mass is 466 g/mol. The molecule has 2 aromatic heterocycles. The number of nitrogens with zero attached hydrogens (tertiary/aromatic N) is 3. The summed E-state index contributed by atoms with van der Waals surface area (Å²) in [6.07, 6.45) is 11.2. The van der Waals surface area contributed by atoms with Crippen LogP contribution in [0.5, 0.6) is 0 Å². The van der Waals surface area contributed by atoms with E-state index in [-0.39, 0.29) is 17.9 Å². The second-order valence-corrected chi connectivity index (χ2v) is 10.9. The van der Waals surface area contributed by atoms with Crippen LogP contribution in [0.15, 0.2) is 24.4 Å². The first kappa shape index (κ1) is 22.9. The predicted molar refractivity (Wildman–Crippen MR) is 126 cm³/mol. The molecule has 8 heteroatoms. The third kappa shape index (κ3) is 4.42. The molecule has 6 rings (SSSR count). The van der Waals surface area contributed by atoms with Crippen molar-refractivity contribution in [2.24, 2.45) is 23.2 Å². The highest BCUT2D eigenvalue weighted by atomic mass is 16.4. The fourth-order valence-corrected chi connectivity index (χ4v) is 7.12. The van der Waals surface area contributed by atoms with Crippen molar-refractivity contribution in [2.75, 3.05) is 13.1 Å². The number of carbonyl (C=O) groups is 3. The lowest BCUT2D eigenvalue weighted by Crippen LogP contribution is -2.51. The molecular formula is C26H34N4O4. The maximum atomic E-state index is 13.2. The quantitative estimate of drug-likeness (QED) is 0.580. The minimum absolute atomic E-state index is 0.0984. The molecule has 4 aliphatic carbocycles. The molecule has 2 amide bonds. The van der Waals surface area contributed by atoms with Gasteiger partial charge in [0.1, 0.15) is 11.3 Å². The van der Waals surface area contributed by atoms with E-state index in [4.69, 9.17) is 5.11 Å². The summed E-state index contributed by atoms with van der Waals surface area (Å²) in [7, 11) is 0. The number of imidazole rings is 1. The molecule has 2 aromatic rings. The van der Waals surface area contributed by atoms with Gasteiger partial charge in [-0.05, 0) is 80.2 Å². The number of carboxylic acids is 1. The van der Waals surface area contributed by atoms with Gasteiger partial charge >= 0.3 is 11.9 Å². The van der Waals surface area contributed by atoms with E-state index < -0.39 is 11.9 Å². The van der Waals surface area contributed by atoms with Gasteiger partial charge in [0.25, 0.3) is 5.91 Å². The van der Waals surface area contributed by atoms with E-state index in [1.165, 1.54) is 43.4 Å². The summed E-state index contributed by atoms with van der Waals surface area (Å²) in [4.78, 5) is 42.4. The molecular weight excluding hydrogens is 432 g/mol. The first-order chi connectivity index (χ1) is 16.4. The summed E-state index contributed by atoms with van der Waals surface area (Å²) in [5.74, 6) is 0.00396. The van der Waals surface area contributed by atoms with Crippen molar-refractivity contribution in [3.63, 3.8) is 0 Å². The van der Waals surface area contributed by atoms with Crippen molar-refractivity contribution in [3.8, 4) is 0 Å². The van der Waals surface area contributed by atoms with Crippen LogP contribution in [-0.2, 0) is 16.1 Å². The minimum atomic E-state index is -1.47. The van der Waals surface area contributed by atoms with Crippen LogP contribution >= 0.6 is 0 Å². The predicted octanol–water partition coefficient (Wildman–Crippen LogP) is 3.49. The molecule has 0 spiro atoms. The fourth-order valence-electron chi connectivity index (χ4n) is 7.12. The second-order valence-electron chi connectivity index (χ2n) is 10.9. The number of amides is 2. The number of hydrogen-bond donors (Lipinski definition) is 2. The van der Waals surface area contributed by atoms with Crippen molar-refractivity contribution in [1.29, 1.82) is 0 Å². The fraction of sp³-hybridized carbons (Fsp3) is 0.615. The van der Waals surface area contributed by atoms with Crippen LogP contribution in [0.3, 0.4) is 0 Å². The van der Waals surface area contributed by atoms with Crippen LogP contribution in [-0.4, -0.2) is 50.3 Å². The molecule has 34 heavy (non-hydrogen) atoms. The Morgan fingerprint density at radius 2 is 1.82 bits per heavy atom. The van der Waals surface area contributed by atoms with Gasteiger partial charge in [-0.2, -0.15) is 0 Å². The van der Waals surface area contributed by atoms with Gasteiger partial charge < -0.3 is 15.3 Å². The van der Waals surface area contributed by atoms with Crippen LogP contribution in [0.1, 0.15) is 74.5 Å². The normalized spacial score (nSPS) is 27.1. The van der Waals surface area contributed by atoms with Crippen molar-refractivity contribution in [3.05, 3.63) is 35.8 Å². The Morgan fingerprint density at radius 1 is 1.15 bits per heavy atom. The van der Waals surface area contributed by atoms with Gasteiger partial charge in [0.05, 0.1) is 12.2 Å². The van der Waals surface area contributed by atoms with Gasteiger partial charge in [-0.1, -0.05) is 19.4 Å². The summed E-state index contributed by atoms with van der Waals surface area (Å²) >= 11 is 0. The number of hydrogen-bond acceptors (Lipinski definition) is 4. The van der Waals surface area contributed by atoms with E-state index >= 15 is 0 Å². The number of rotatable bonds is 8. The smallest absolute Gasteiger partial charge is 0.394 e. The standard InChI is InChI=1S/C26H34N4O4/c1-2-3-7-29(24(32)25(33)34)14-20-15-30-21(5-4-6-22(30)28-20)23(31)27-16-26-11-17-8-18(12-26)10-19(9-17)13-26/h4-6,15,17-19H,2-3,7-14,16H2,1H3,(H,27,31)(H,33,34). The van der Waals surface area contributed by atoms with Crippen LogP contribution in [0.4, 0.5) is 0 Å². The molecule has 0 saturated heterocycles. The number of nitrogens with one attached hydrogen (secondary N) is 1. The summed E-state index contributed by atoms with van der Waals surface area (Å²) < 4.78 is 1.74. The molecule has 2 N–H and O–H groups in total. The number of aromatic nitrogens is 2. The maximum absolute atomic E-state index is 13.2. The first-order valence-electron chi connectivity index (χ1n) is 12.6. The number of pyridine rings is 1. The molecule has 0 aliphatic heterocycles. The molecule has 4 bridgehead atoms. The molecule has 4 aliphatic rings. The number of carbonyl (C=O) groups excluding carboxylic acids is 2. The lowest BCUT2D eigenvalue weighted by atomic mass is 9.49. The number of aliphatic carboxylic acids is 1. The third-order valence-corrected chi connectivity index (χ3v) is 8.17. The van der Waals surface area contributed by atoms with E-state index in [1.54, 1.807) is 16.7 Å². The average Bonchev–Trinajstić information content (AvgIpc) is 3.21. The van der Waals surface area contributed by atoms with Crippen molar-refractivity contribution < 1.29 is 19.5 Å². The summed E-state index contributed by atoms with van der Waals surface area (Å²) in [5.41, 5.74) is 1.93.